The highest BCUT2D eigenvalue weighted by molar-refractivity contribution is 5.77. The number of hydrogen-bond donors (Lipinski definition) is 0. The van der Waals surface area contributed by atoms with Crippen LogP contribution in [0.1, 0.15) is 42.4 Å². The number of piperidine rings is 1. The summed E-state index contributed by atoms with van der Waals surface area (Å²) in [6.07, 6.45) is 1.56. The van der Waals surface area contributed by atoms with Gasteiger partial charge in [-0.3, -0.25) is 4.79 Å². The van der Waals surface area contributed by atoms with Gasteiger partial charge >= 0.3 is 5.97 Å². The molecule has 0 amide bonds. The van der Waals surface area contributed by atoms with Crippen molar-refractivity contribution in [2.45, 2.75) is 32.3 Å². The Bertz CT molecular complexity index is 825. The van der Waals surface area contributed by atoms with E-state index in [1.165, 1.54) is 16.7 Å². The van der Waals surface area contributed by atoms with Gasteiger partial charge in [0, 0.05) is 25.6 Å². The van der Waals surface area contributed by atoms with E-state index in [1.807, 2.05) is 30.3 Å². The standard InChI is InChI=1S/C23H25NO2/c1-17-19-9-5-6-10-21(19)22-15-24(13-11-20(17)22)14-12-23(25)26-16-18-7-3-2-4-8-18/h2-10,22H,11-16H2,1H3. The monoisotopic (exact) mass is 347 g/mol. The second-order valence-corrected chi connectivity index (χ2v) is 7.24. The zero-order valence-electron chi connectivity index (χ0n) is 15.3. The molecule has 3 nitrogen and oxygen atoms in total. The average Bonchev–Trinajstić information content (AvgIpc) is 2.98. The molecule has 1 saturated heterocycles. The van der Waals surface area contributed by atoms with E-state index >= 15 is 0 Å². The van der Waals surface area contributed by atoms with Crippen LogP contribution in [-0.2, 0) is 16.1 Å². The number of benzene rings is 2. The van der Waals surface area contributed by atoms with E-state index in [-0.39, 0.29) is 5.97 Å². The van der Waals surface area contributed by atoms with E-state index < -0.39 is 0 Å². The summed E-state index contributed by atoms with van der Waals surface area (Å²) in [6.45, 7) is 5.43. The van der Waals surface area contributed by atoms with E-state index in [1.54, 1.807) is 5.57 Å². The average molecular weight is 347 g/mol. The van der Waals surface area contributed by atoms with Crippen LogP contribution in [0.2, 0.25) is 0 Å². The van der Waals surface area contributed by atoms with Gasteiger partial charge in [-0.25, -0.2) is 0 Å². The van der Waals surface area contributed by atoms with Crippen LogP contribution in [0.25, 0.3) is 5.57 Å². The van der Waals surface area contributed by atoms with Gasteiger partial charge in [0.25, 0.3) is 0 Å². The normalized spacial score (nSPS) is 19.2. The fourth-order valence-corrected chi connectivity index (χ4v) is 4.23. The van der Waals surface area contributed by atoms with E-state index in [4.69, 9.17) is 4.74 Å². The molecule has 0 aromatic heterocycles. The fourth-order valence-electron chi connectivity index (χ4n) is 4.23. The number of ether oxygens (including phenoxy) is 1. The first-order chi connectivity index (χ1) is 12.7. The highest BCUT2D eigenvalue weighted by atomic mass is 16.5. The van der Waals surface area contributed by atoms with Crippen molar-refractivity contribution in [1.29, 1.82) is 0 Å². The maximum Gasteiger partial charge on any atom is 0.307 e. The van der Waals surface area contributed by atoms with Crippen LogP contribution in [0, 0.1) is 0 Å². The van der Waals surface area contributed by atoms with Crippen LogP contribution >= 0.6 is 0 Å². The lowest BCUT2D eigenvalue weighted by Crippen LogP contribution is -2.36. The Labute approximate surface area is 155 Å². The molecule has 2 aliphatic rings. The molecule has 0 spiro atoms. The van der Waals surface area contributed by atoms with Gasteiger partial charge in [-0.15, -0.1) is 0 Å². The summed E-state index contributed by atoms with van der Waals surface area (Å²) in [5, 5.41) is 0. The molecule has 0 radical (unpaired) electrons. The predicted molar refractivity (Wildman–Crippen MR) is 104 cm³/mol. The van der Waals surface area contributed by atoms with Gasteiger partial charge in [0.2, 0.25) is 0 Å². The van der Waals surface area contributed by atoms with Crippen LogP contribution in [0.15, 0.2) is 60.2 Å². The smallest absolute Gasteiger partial charge is 0.307 e. The van der Waals surface area contributed by atoms with Crippen molar-refractivity contribution in [2.75, 3.05) is 19.6 Å². The largest absolute Gasteiger partial charge is 0.461 e. The van der Waals surface area contributed by atoms with Crippen molar-refractivity contribution in [2.24, 2.45) is 0 Å². The predicted octanol–water partition coefficient (Wildman–Crippen LogP) is 4.40. The number of esters is 1. The summed E-state index contributed by atoms with van der Waals surface area (Å²) in [5.41, 5.74) is 6.96. The third-order valence-corrected chi connectivity index (χ3v) is 5.66. The third-order valence-electron chi connectivity index (χ3n) is 5.66. The maximum atomic E-state index is 12.1. The molecule has 1 aliphatic heterocycles. The Morgan fingerprint density at radius 1 is 1.12 bits per heavy atom. The first-order valence-electron chi connectivity index (χ1n) is 9.43. The molecule has 1 unspecified atom stereocenters. The minimum atomic E-state index is -0.113. The number of carbonyl (C=O) groups is 1. The third kappa shape index (κ3) is 3.45. The number of nitrogens with zero attached hydrogens (tertiary/aromatic N) is 1. The number of fused-ring (bicyclic) bond motifs is 3. The molecule has 134 valence electrons. The number of carbonyl (C=O) groups excluding carboxylic acids is 1. The Hall–Kier alpha value is -2.39. The summed E-state index contributed by atoms with van der Waals surface area (Å²) < 4.78 is 5.40. The number of hydrogen-bond acceptors (Lipinski definition) is 3. The molecule has 3 heteroatoms. The van der Waals surface area contributed by atoms with Gasteiger partial charge in [0.05, 0.1) is 6.42 Å². The maximum absolute atomic E-state index is 12.1. The summed E-state index contributed by atoms with van der Waals surface area (Å²) in [7, 11) is 0. The van der Waals surface area contributed by atoms with Crippen molar-refractivity contribution in [3.63, 3.8) is 0 Å². The van der Waals surface area contributed by atoms with Gasteiger partial charge in [-0.2, -0.15) is 0 Å². The first kappa shape index (κ1) is 17.0. The summed E-state index contributed by atoms with van der Waals surface area (Å²) in [5.74, 6) is 0.387. The SMILES string of the molecule is CC1=C2CCN(CCC(=O)OCc3ccccc3)CC2c2ccccc21. The van der Waals surface area contributed by atoms with Crippen LogP contribution in [-0.4, -0.2) is 30.5 Å². The minimum Gasteiger partial charge on any atom is -0.461 e. The molecular formula is C23H25NO2. The lowest BCUT2D eigenvalue weighted by atomic mass is 9.89. The van der Waals surface area contributed by atoms with Gasteiger partial charge in [-0.05, 0) is 35.6 Å². The Kier molecular flexibility index (Phi) is 4.89. The Morgan fingerprint density at radius 3 is 2.73 bits per heavy atom. The molecule has 0 bridgehead atoms. The van der Waals surface area contributed by atoms with Crippen LogP contribution in [0.4, 0.5) is 0 Å². The van der Waals surface area contributed by atoms with E-state index in [0.29, 0.717) is 18.9 Å². The van der Waals surface area contributed by atoms with Crippen LogP contribution in [0.3, 0.4) is 0 Å². The molecule has 26 heavy (non-hydrogen) atoms. The molecule has 1 fully saturated rings. The van der Waals surface area contributed by atoms with Crippen molar-refractivity contribution in [1.82, 2.24) is 4.90 Å². The molecular weight excluding hydrogens is 322 g/mol. The molecule has 4 rings (SSSR count). The molecule has 2 aromatic rings. The quantitative estimate of drug-likeness (QED) is 0.751. The highest BCUT2D eigenvalue weighted by Gasteiger charge is 2.33. The van der Waals surface area contributed by atoms with Crippen LogP contribution in [0.5, 0.6) is 0 Å². The Balaban J connectivity index is 1.30. The summed E-state index contributed by atoms with van der Waals surface area (Å²) in [6, 6.07) is 18.6. The van der Waals surface area contributed by atoms with Gasteiger partial charge < -0.3 is 9.64 Å². The van der Waals surface area contributed by atoms with Gasteiger partial charge in [0.15, 0.2) is 0 Å². The molecule has 0 saturated carbocycles. The van der Waals surface area contributed by atoms with Crippen LogP contribution < -0.4 is 0 Å². The van der Waals surface area contributed by atoms with Crippen molar-refractivity contribution >= 4 is 11.5 Å². The van der Waals surface area contributed by atoms with Crippen molar-refractivity contribution in [3.05, 3.63) is 76.9 Å². The highest BCUT2D eigenvalue weighted by Crippen LogP contribution is 2.45. The zero-order chi connectivity index (χ0) is 17.9. The molecule has 1 atom stereocenters. The lowest BCUT2D eigenvalue weighted by Gasteiger charge is -2.33. The topological polar surface area (TPSA) is 29.5 Å². The molecule has 1 heterocycles. The summed E-state index contributed by atoms with van der Waals surface area (Å²) >= 11 is 0. The molecule has 2 aromatic carbocycles. The molecule has 0 N–H and O–H groups in total. The van der Waals surface area contributed by atoms with E-state index in [0.717, 1.165) is 31.6 Å². The lowest BCUT2D eigenvalue weighted by molar-refractivity contribution is -0.145. The number of likely N-dealkylation sites (tertiary alicyclic amines) is 1. The zero-order valence-corrected chi connectivity index (χ0v) is 15.3. The minimum absolute atomic E-state index is 0.113. The second kappa shape index (κ2) is 7.46. The number of allylic oxidation sites excluding steroid dienone is 1. The fraction of sp³-hybridized carbons (Fsp3) is 0.348. The van der Waals surface area contributed by atoms with E-state index in [9.17, 15) is 4.79 Å². The Morgan fingerprint density at radius 2 is 1.88 bits per heavy atom. The van der Waals surface area contributed by atoms with Gasteiger partial charge in [0.1, 0.15) is 6.61 Å². The van der Waals surface area contributed by atoms with E-state index in [2.05, 4.69) is 36.1 Å². The van der Waals surface area contributed by atoms with Gasteiger partial charge in [-0.1, -0.05) is 60.2 Å². The second-order valence-electron chi connectivity index (χ2n) is 7.24. The summed E-state index contributed by atoms with van der Waals surface area (Å²) in [4.78, 5) is 14.5. The van der Waals surface area contributed by atoms with Crippen molar-refractivity contribution < 1.29 is 9.53 Å². The number of rotatable bonds is 5. The molecule has 1 aliphatic carbocycles. The first-order valence-corrected chi connectivity index (χ1v) is 9.43. The van der Waals surface area contributed by atoms with Crippen molar-refractivity contribution in [3.8, 4) is 0 Å².